The Kier molecular flexibility index (Phi) is 7.58. The van der Waals surface area contributed by atoms with E-state index in [1.807, 2.05) is 24.0 Å². The number of rotatable bonds is 2. The van der Waals surface area contributed by atoms with Gasteiger partial charge in [-0.2, -0.15) is 13.2 Å². The summed E-state index contributed by atoms with van der Waals surface area (Å²) >= 11 is 0. The van der Waals surface area contributed by atoms with E-state index in [0.29, 0.717) is 32.6 Å². The second-order valence-electron chi connectivity index (χ2n) is 8.08. The molecule has 9 nitrogen and oxygen atoms in total. The molecule has 0 radical (unpaired) electrons. The van der Waals surface area contributed by atoms with Gasteiger partial charge in [-0.05, 0) is 19.1 Å². The number of carbonyl (C=O) groups is 3. The zero-order valence-corrected chi connectivity index (χ0v) is 17.7. The lowest BCUT2D eigenvalue weighted by atomic mass is 9.86. The van der Waals surface area contributed by atoms with Gasteiger partial charge in [-0.25, -0.2) is 9.59 Å². The van der Waals surface area contributed by atoms with Crippen LogP contribution in [0.15, 0.2) is 16.5 Å². The maximum Gasteiger partial charge on any atom is 0.490 e. The van der Waals surface area contributed by atoms with Gasteiger partial charge < -0.3 is 24.6 Å². The third-order valence-corrected chi connectivity index (χ3v) is 5.04. The predicted molar refractivity (Wildman–Crippen MR) is 103 cm³/mol. The van der Waals surface area contributed by atoms with E-state index in [2.05, 4.69) is 10.2 Å². The highest BCUT2D eigenvalue weighted by Crippen LogP contribution is 2.31. The number of halogens is 3. The molecule has 1 spiro atoms. The molecule has 3 amide bonds. The number of nitrogens with one attached hydrogen (secondary N) is 1. The average molecular weight is 448 g/mol. The number of amides is 3. The molecular formula is C19H27F3N4O5. The fourth-order valence-electron chi connectivity index (χ4n) is 3.70. The zero-order valence-electron chi connectivity index (χ0n) is 17.7. The second-order valence-corrected chi connectivity index (χ2v) is 8.08. The SMILES string of the molecule is Cc1ccc(CN2CCN(C(=O)N(C)C)CC3(CNC(=O)C3)C2)o1.O=C(O)C(F)(F)F. The number of hydrogen-bond donors (Lipinski definition) is 2. The number of carbonyl (C=O) groups excluding carboxylic acids is 2. The Balaban J connectivity index is 0.000000423. The Bertz CT molecular complexity index is 811. The van der Waals surface area contributed by atoms with Gasteiger partial charge in [0, 0.05) is 58.7 Å². The molecule has 2 N–H and O–H groups in total. The van der Waals surface area contributed by atoms with Crippen molar-refractivity contribution in [2.75, 3.05) is 46.8 Å². The fourth-order valence-corrected chi connectivity index (χ4v) is 3.70. The Morgan fingerprint density at radius 1 is 1.26 bits per heavy atom. The molecule has 2 aliphatic heterocycles. The summed E-state index contributed by atoms with van der Waals surface area (Å²) in [7, 11) is 3.53. The van der Waals surface area contributed by atoms with Gasteiger partial charge in [0.05, 0.1) is 6.54 Å². The zero-order chi connectivity index (χ0) is 23.4. The molecule has 1 unspecified atom stereocenters. The average Bonchev–Trinajstić information content (AvgIpc) is 3.17. The summed E-state index contributed by atoms with van der Waals surface area (Å²) in [6.45, 7) is 6.08. The van der Waals surface area contributed by atoms with Crippen molar-refractivity contribution in [3.05, 3.63) is 23.7 Å². The van der Waals surface area contributed by atoms with Crippen LogP contribution in [0.4, 0.5) is 18.0 Å². The molecule has 0 bridgehead atoms. The summed E-state index contributed by atoms with van der Waals surface area (Å²) in [5, 5.41) is 10.1. The monoisotopic (exact) mass is 448 g/mol. The highest BCUT2D eigenvalue weighted by Gasteiger charge is 2.44. The first-order valence-corrected chi connectivity index (χ1v) is 9.62. The van der Waals surface area contributed by atoms with Crippen molar-refractivity contribution in [1.29, 1.82) is 0 Å². The molecule has 0 saturated carbocycles. The van der Waals surface area contributed by atoms with Crippen molar-refractivity contribution in [2.45, 2.75) is 26.1 Å². The van der Waals surface area contributed by atoms with Crippen molar-refractivity contribution >= 4 is 17.9 Å². The minimum absolute atomic E-state index is 0.00409. The van der Waals surface area contributed by atoms with Crippen LogP contribution >= 0.6 is 0 Å². The first-order valence-electron chi connectivity index (χ1n) is 9.62. The van der Waals surface area contributed by atoms with Crippen LogP contribution in [0.5, 0.6) is 0 Å². The van der Waals surface area contributed by atoms with Crippen molar-refractivity contribution in [3.63, 3.8) is 0 Å². The Hall–Kier alpha value is -2.76. The van der Waals surface area contributed by atoms with Gasteiger partial charge in [-0.1, -0.05) is 0 Å². The normalized spacial score (nSPS) is 21.9. The topological polar surface area (TPSA) is 106 Å². The van der Waals surface area contributed by atoms with E-state index in [1.165, 1.54) is 0 Å². The minimum Gasteiger partial charge on any atom is -0.475 e. The van der Waals surface area contributed by atoms with Gasteiger partial charge in [0.25, 0.3) is 0 Å². The first-order chi connectivity index (χ1) is 14.3. The quantitative estimate of drug-likeness (QED) is 0.711. The standard InChI is InChI=1S/C17H26N4O3.C2HF3O2/c1-13-4-5-14(24-13)9-20-6-7-21(16(23)19(2)3)12-17(11-20)8-15(22)18-10-17;3-2(4,5)1(6)7/h4-5H,6-12H2,1-3H3,(H,18,22);(H,6,7). The summed E-state index contributed by atoms with van der Waals surface area (Å²) < 4.78 is 37.4. The van der Waals surface area contributed by atoms with Crippen LogP contribution in [0.1, 0.15) is 17.9 Å². The third kappa shape index (κ3) is 6.88. The lowest BCUT2D eigenvalue weighted by Crippen LogP contribution is -2.47. The predicted octanol–water partition coefficient (Wildman–Crippen LogP) is 1.53. The van der Waals surface area contributed by atoms with Crippen LogP contribution in [0.25, 0.3) is 0 Å². The summed E-state index contributed by atoms with van der Waals surface area (Å²) in [4.78, 5) is 39.0. The van der Waals surface area contributed by atoms with Gasteiger partial charge >= 0.3 is 18.2 Å². The van der Waals surface area contributed by atoms with Gasteiger partial charge in [0.1, 0.15) is 11.5 Å². The molecule has 0 aliphatic carbocycles. The van der Waals surface area contributed by atoms with Crippen LogP contribution in [0, 0.1) is 12.3 Å². The van der Waals surface area contributed by atoms with E-state index in [0.717, 1.165) is 24.6 Å². The number of aryl methyl sites for hydroxylation is 1. The molecule has 1 aromatic rings. The lowest BCUT2D eigenvalue weighted by molar-refractivity contribution is -0.192. The largest absolute Gasteiger partial charge is 0.490 e. The molecule has 12 heteroatoms. The maximum absolute atomic E-state index is 12.5. The molecule has 0 aromatic carbocycles. The van der Waals surface area contributed by atoms with Crippen LogP contribution in [0.2, 0.25) is 0 Å². The van der Waals surface area contributed by atoms with Gasteiger partial charge in [-0.15, -0.1) is 0 Å². The van der Waals surface area contributed by atoms with Crippen molar-refractivity contribution in [2.24, 2.45) is 5.41 Å². The lowest BCUT2D eigenvalue weighted by Gasteiger charge is -2.33. The molecule has 2 saturated heterocycles. The number of alkyl halides is 3. The van der Waals surface area contributed by atoms with Crippen LogP contribution in [-0.4, -0.2) is 90.7 Å². The van der Waals surface area contributed by atoms with Crippen LogP contribution in [0.3, 0.4) is 0 Å². The minimum atomic E-state index is -5.08. The van der Waals surface area contributed by atoms with E-state index < -0.39 is 12.1 Å². The molecule has 3 rings (SSSR count). The highest BCUT2D eigenvalue weighted by molar-refractivity contribution is 5.80. The fraction of sp³-hybridized carbons (Fsp3) is 0.632. The van der Waals surface area contributed by atoms with E-state index in [-0.39, 0.29) is 17.4 Å². The summed E-state index contributed by atoms with van der Waals surface area (Å²) in [5.41, 5.74) is -0.221. The molecule has 2 aliphatic rings. The van der Waals surface area contributed by atoms with Crippen molar-refractivity contribution < 1.29 is 37.1 Å². The van der Waals surface area contributed by atoms with Crippen molar-refractivity contribution in [1.82, 2.24) is 20.0 Å². The summed E-state index contributed by atoms with van der Waals surface area (Å²) in [5.74, 6) is -0.862. The third-order valence-electron chi connectivity index (χ3n) is 5.04. The maximum atomic E-state index is 12.5. The van der Waals surface area contributed by atoms with E-state index in [9.17, 15) is 22.8 Å². The Morgan fingerprint density at radius 3 is 2.35 bits per heavy atom. The number of urea groups is 1. The van der Waals surface area contributed by atoms with Crippen LogP contribution in [-0.2, 0) is 16.1 Å². The molecule has 174 valence electrons. The number of furan rings is 1. The molecule has 2 fully saturated rings. The Morgan fingerprint density at radius 2 is 1.90 bits per heavy atom. The van der Waals surface area contributed by atoms with E-state index in [1.54, 1.807) is 19.0 Å². The summed E-state index contributed by atoms with van der Waals surface area (Å²) in [6.07, 6.45) is -4.61. The second kappa shape index (κ2) is 9.58. The first kappa shape index (κ1) is 24.5. The Labute approximate surface area is 177 Å². The molecule has 3 heterocycles. The number of aliphatic carboxylic acids is 1. The van der Waals surface area contributed by atoms with E-state index in [4.69, 9.17) is 14.3 Å². The van der Waals surface area contributed by atoms with Gasteiger partial charge in [0.2, 0.25) is 5.91 Å². The number of hydrogen-bond acceptors (Lipinski definition) is 5. The number of nitrogens with zero attached hydrogens (tertiary/aromatic N) is 3. The number of carboxylic acid groups (broad SMARTS) is 1. The molecule has 31 heavy (non-hydrogen) atoms. The summed E-state index contributed by atoms with van der Waals surface area (Å²) in [6, 6.07) is 3.96. The number of carboxylic acids is 1. The van der Waals surface area contributed by atoms with Crippen molar-refractivity contribution in [3.8, 4) is 0 Å². The molecule has 1 aromatic heterocycles. The molecule has 1 atom stereocenters. The van der Waals surface area contributed by atoms with Gasteiger partial charge in [-0.3, -0.25) is 9.69 Å². The van der Waals surface area contributed by atoms with E-state index >= 15 is 0 Å². The highest BCUT2D eigenvalue weighted by atomic mass is 19.4. The molecular weight excluding hydrogens is 421 g/mol. The smallest absolute Gasteiger partial charge is 0.475 e. The van der Waals surface area contributed by atoms with Crippen LogP contribution < -0.4 is 5.32 Å². The van der Waals surface area contributed by atoms with Gasteiger partial charge in [0.15, 0.2) is 0 Å².